The van der Waals surface area contributed by atoms with Crippen LogP contribution in [-0.4, -0.2) is 93.6 Å². The Hall–Kier alpha value is -2.53. The van der Waals surface area contributed by atoms with Crippen molar-refractivity contribution in [3.8, 4) is 0 Å². The summed E-state index contributed by atoms with van der Waals surface area (Å²) >= 11 is 0. The van der Waals surface area contributed by atoms with Gasteiger partial charge in [-0.2, -0.15) is 0 Å². The standard InChI is InChI=1S/C22H36N6O5/c1-22(2,3)18(20(31)27-13-16(29)10-17(27)19(30)23-4)28-12-15(24-25-28)11-26-8-6-14(7-9-26)21(32)33-5/h12,14,16-18,29H,6-11,13H2,1-5H3,(H,23,30)/t16-,17+,18-/m1/s1. The number of nitrogens with one attached hydrogen (secondary N) is 1. The first-order valence-electron chi connectivity index (χ1n) is 11.5. The number of amides is 2. The molecular formula is C22H36N6O5. The van der Waals surface area contributed by atoms with Crippen LogP contribution in [0.1, 0.15) is 51.8 Å². The van der Waals surface area contributed by atoms with Gasteiger partial charge in [-0.25, -0.2) is 4.68 Å². The van der Waals surface area contributed by atoms with Gasteiger partial charge in [-0.05, 0) is 31.3 Å². The summed E-state index contributed by atoms with van der Waals surface area (Å²) in [5, 5.41) is 21.3. The minimum absolute atomic E-state index is 0.0612. The zero-order valence-electron chi connectivity index (χ0n) is 20.2. The van der Waals surface area contributed by atoms with Crippen LogP contribution in [0.25, 0.3) is 0 Å². The number of methoxy groups -OCH3 is 1. The first kappa shape index (κ1) is 25.1. The van der Waals surface area contributed by atoms with E-state index in [1.807, 2.05) is 20.8 Å². The molecule has 0 saturated carbocycles. The molecule has 3 heterocycles. The van der Waals surface area contributed by atoms with Crippen molar-refractivity contribution >= 4 is 17.8 Å². The van der Waals surface area contributed by atoms with Crippen LogP contribution in [0.3, 0.4) is 0 Å². The van der Waals surface area contributed by atoms with Crippen molar-refractivity contribution in [3.63, 3.8) is 0 Å². The van der Waals surface area contributed by atoms with Gasteiger partial charge in [0.2, 0.25) is 11.8 Å². The van der Waals surface area contributed by atoms with E-state index in [9.17, 15) is 19.5 Å². The Kier molecular flexibility index (Phi) is 7.73. The summed E-state index contributed by atoms with van der Waals surface area (Å²) in [4.78, 5) is 41.3. The maximum Gasteiger partial charge on any atom is 0.308 e. The van der Waals surface area contributed by atoms with Crippen LogP contribution >= 0.6 is 0 Å². The summed E-state index contributed by atoms with van der Waals surface area (Å²) in [6.45, 7) is 8.02. The third-order valence-corrected chi connectivity index (χ3v) is 6.50. The molecule has 0 bridgehead atoms. The molecule has 2 fully saturated rings. The molecule has 3 rings (SSSR count). The van der Waals surface area contributed by atoms with Crippen LogP contribution in [-0.2, 0) is 25.7 Å². The van der Waals surface area contributed by atoms with Crippen molar-refractivity contribution in [2.75, 3.05) is 33.8 Å². The average Bonchev–Trinajstić information content (AvgIpc) is 3.38. The van der Waals surface area contributed by atoms with Gasteiger partial charge < -0.3 is 20.1 Å². The molecule has 2 N–H and O–H groups in total. The number of carbonyl (C=O) groups is 3. The fraction of sp³-hybridized carbons (Fsp3) is 0.773. The van der Waals surface area contributed by atoms with Gasteiger partial charge in [-0.15, -0.1) is 5.10 Å². The van der Waals surface area contributed by atoms with Crippen LogP contribution in [0.2, 0.25) is 0 Å². The lowest BCUT2D eigenvalue weighted by Gasteiger charge is -2.34. The van der Waals surface area contributed by atoms with Gasteiger partial charge in [0.25, 0.3) is 0 Å². The second-order valence-electron chi connectivity index (χ2n) is 10.0. The fourth-order valence-electron chi connectivity index (χ4n) is 4.74. The van der Waals surface area contributed by atoms with E-state index in [0.29, 0.717) is 6.54 Å². The van der Waals surface area contributed by atoms with Gasteiger partial charge in [-0.1, -0.05) is 26.0 Å². The van der Waals surface area contributed by atoms with Gasteiger partial charge in [-0.3, -0.25) is 19.3 Å². The number of aliphatic hydroxyl groups excluding tert-OH is 1. The van der Waals surface area contributed by atoms with E-state index in [2.05, 4.69) is 20.5 Å². The maximum atomic E-state index is 13.6. The molecule has 0 unspecified atom stereocenters. The number of piperidine rings is 1. The van der Waals surface area contributed by atoms with Gasteiger partial charge in [0.15, 0.2) is 0 Å². The van der Waals surface area contributed by atoms with E-state index in [0.717, 1.165) is 31.6 Å². The van der Waals surface area contributed by atoms with Crippen molar-refractivity contribution in [1.29, 1.82) is 0 Å². The predicted octanol–water partition coefficient (Wildman–Crippen LogP) is -0.0419. The molecule has 184 valence electrons. The molecule has 0 aliphatic carbocycles. The number of β-amino-alcohol motifs (C(OH)–C–C–N with tert-alkyl or cyclic N) is 1. The number of aliphatic hydroxyl groups is 1. The van der Waals surface area contributed by atoms with Crippen LogP contribution < -0.4 is 5.32 Å². The van der Waals surface area contributed by atoms with Crippen LogP contribution in [0.5, 0.6) is 0 Å². The van der Waals surface area contributed by atoms with E-state index in [1.165, 1.54) is 19.1 Å². The highest BCUT2D eigenvalue weighted by molar-refractivity contribution is 5.90. The lowest BCUT2D eigenvalue weighted by molar-refractivity contribution is -0.147. The predicted molar refractivity (Wildman–Crippen MR) is 119 cm³/mol. The Morgan fingerprint density at radius 2 is 1.94 bits per heavy atom. The quantitative estimate of drug-likeness (QED) is 0.561. The van der Waals surface area contributed by atoms with E-state index in [4.69, 9.17) is 4.74 Å². The summed E-state index contributed by atoms with van der Waals surface area (Å²) in [7, 11) is 2.94. The van der Waals surface area contributed by atoms with Gasteiger partial charge in [0.05, 0.1) is 31.0 Å². The number of esters is 1. The Morgan fingerprint density at radius 1 is 1.27 bits per heavy atom. The topological polar surface area (TPSA) is 130 Å². The summed E-state index contributed by atoms with van der Waals surface area (Å²) in [5.41, 5.74) is 0.236. The molecule has 2 saturated heterocycles. The summed E-state index contributed by atoms with van der Waals surface area (Å²) in [6.07, 6.45) is 2.73. The van der Waals surface area contributed by atoms with Crippen molar-refractivity contribution in [2.45, 2.75) is 64.8 Å². The molecule has 11 heteroatoms. The molecule has 2 amide bonds. The second-order valence-corrected chi connectivity index (χ2v) is 10.0. The van der Waals surface area contributed by atoms with Crippen molar-refractivity contribution in [1.82, 2.24) is 30.1 Å². The average molecular weight is 465 g/mol. The Morgan fingerprint density at radius 3 is 2.52 bits per heavy atom. The lowest BCUT2D eigenvalue weighted by Crippen LogP contribution is -2.49. The lowest BCUT2D eigenvalue weighted by atomic mass is 9.85. The monoisotopic (exact) mass is 464 g/mol. The maximum absolute atomic E-state index is 13.6. The summed E-state index contributed by atoms with van der Waals surface area (Å²) in [5.74, 6) is -0.770. The van der Waals surface area contributed by atoms with Gasteiger partial charge >= 0.3 is 5.97 Å². The van der Waals surface area contributed by atoms with Crippen molar-refractivity contribution in [3.05, 3.63) is 11.9 Å². The van der Waals surface area contributed by atoms with E-state index >= 15 is 0 Å². The fourth-order valence-corrected chi connectivity index (χ4v) is 4.74. The number of aromatic nitrogens is 3. The molecular weight excluding hydrogens is 428 g/mol. The third-order valence-electron chi connectivity index (χ3n) is 6.50. The smallest absolute Gasteiger partial charge is 0.308 e. The highest BCUT2D eigenvalue weighted by Crippen LogP contribution is 2.34. The largest absolute Gasteiger partial charge is 0.469 e. The number of likely N-dealkylation sites (N-methyl/N-ethyl adjacent to an activating group) is 1. The van der Waals surface area contributed by atoms with Gasteiger partial charge in [0, 0.05) is 26.6 Å². The summed E-state index contributed by atoms with van der Waals surface area (Å²) in [6, 6.07) is -1.39. The zero-order valence-corrected chi connectivity index (χ0v) is 20.2. The Bertz CT molecular complexity index is 858. The molecule has 2 aliphatic heterocycles. The number of ether oxygens (including phenoxy) is 1. The Labute approximate surface area is 194 Å². The zero-order chi connectivity index (χ0) is 24.3. The van der Waals surface area contributed by atoms with E-state index in [1.54, 1.807) is 10.9 Å². The minimum atomic E-state index is -0.740. The van der Waals surface area contributed by atoms with E-state index < -0.39 is 23.6 Å². The molecule has 1 aromatic heterocycles. The third kappa shape index (κ3) is 5.70. The van der Waals surface area contributed by atoms with Crippen LogP contribution in [0.4, 0.5) is 0 Å². The number of hydrogen-bond acceptors (Lipinski definition) is 8. The number of nitrogens with zero attached hydrogens (tertiary/aromatic N) is 5. The van der Waals surface area contributed by atoms with Gasteiger partial charge in [0.1, 0.15) is 12.1 Å². The van der Waals surface area contributed by atoms with E-state index in [-0.39, 0.29) is 36.7 Å². The molecule has 0 aromatic carbocycles. The van der Waals surface area contributed by atoms with Crippen molar-refractivity contribution < 1.29 is 24.2 Å². The molecule has 3 atom stereocenters. The second kappa shape index (κ2) is 10.2. The number of likely N-dealkylation sites (tertiary alicyclic amines) is 2. The first-order chi connectivity index (χ1) is 15.5. The van der Waals surface area contributed by atoms with Crippen LogP contribution in [0.15, 0.2) is 6.20 Å². The molecule has 33 heavy (non-hydrogen) atoms. The number of carbonyl (C=O) groups excluding carboxylic acids is 3. The molecule has 1 aromatic rings. The summed E-state index contributed by atoms with van der Waals surface area (Å²) < 4.78 is 6.42. The molecule has 0 spiro atoms. The number of rotatable bonds is 6. The normalized spacial score (nSPS) is 23.4. The highest BCUT2D eigenvalue weighted by Gasteiger charge is 2.45. The molecule has 11 nitrogen and oxygen atoms in total. The first-order valence-corrected chi connectivity index (χ1v) is 11.5. The molecule has 2 aliphatic rings. The highest BCUT2D eigenvalue weighted by atomic mass is 16.5. The number of hydrogen-bond donors (Lipinski definition) is 2. The minimum Gasteiger partial charge on any atom is -0.469 e. The van der Waals surface area contributed by atoms with Crippen molar-refractivity contribution in [2.24, 2.45) is 11.3 Å². The SMILES string of the molecule is CNC(=O)[C@@H]1C[C@@H](O)CN1C(=O)[C@@H](n1cc(CN2CCC(C(=O)OC)CC2)nn1)C(C)(C)C. The molecule has 0 radical (unpaired) electrons. The van der Waals surface area contributed by atoms with Crippen LogP contribution in [0, 0.1) is 11.3 Å². The Balaban J connectivity index is 1.73.